The number of benzene rings is 2. The number of imidazole rings is 1. The zero-order chi connectivity index (χ0) is 28.6. The van der Waals surface area contributed by atoms with Crippen molar-refractivity contribution in [2.24, 2.45) is 0 Å². The van der Waals surface area contributed by atoms with Crippen LogP contribution in [0.3, 0.4) is 0 Å². The highest BCUT2D eigenvalue weighted by Crippen LogP contribution is 2.30. The molecule has 40 heavy (non-hydrogen) atoms. The van der Waals surface area contributed by atoms with Crippen molar-refractivity contribution >= 4 is 23.0 Å². The maximum atomic E-state index is 14.3. The Bertz CT molecular complexity index is 1610. The van der Waals surface area contributed by atoms with Crippen molar-refractivity contribution in [1.29, 1.82) is 0 Å². The van der Waals surface area contributed by atoms with Crippen LogP contribution < -0.4 is 15.4 Å². The molecule has 0 unspecified atom stereocenters. The fourth-order valence-corrected chi connectivity index (χ4v) is 4.35. The van der Waals surface area contributed by atoms with Crippen molar-refractivity contribution in [3.8, 4) is 17.0 Å². The molecule has 1 aliphatic carbocycles. The lowest BCUT2D eigenvalue weighted by molar-refractivity contribution is -0.131. The van der Waals surface area contributed by atoms with Gasteiger partial charge in [-0.2, -0.15) is 18.3 Å². The first-order valence-corrected chi connectivity index (χ1v) is 12.5. The maximum absolute atomic E-state index is 14.3. The zero-order valence-electron chi connectivity index (χ0n) is 21.6. The number of fused-ring (bicyclic) bond motifs is 1. The molecule has 1 amide bonds. The van der Waals surface area contributed by atoms with Crippen LogP contribution in [0.4, 0.5) is 23.2 Å². The molecule has 2 aromatic carbocycles. The summed E-state index contributed by atoms with van der Waals surface area (Å²) < 4.78 is 59.3. The molecule has 1 aliphatic rings. The number of alkyl halides is 3. The first kappa shape index (κ1) is 27.1. The average Bonchev–Trinajstić information content (AvgIpc) is 3.61. The number of hydrogen-bond donors (Lipinski definition) is 2. The minimum absolute atomic E-state index is 0.0980. The van der Waals surface area contributed by atoms with Crippen LogP contribution in [0.2, 0.25) is 0 Å². The number of hydrogen-bond acceptors (Lipinski definition) is 6. The van der Waals surface area contributed by atoms with E-state index in [1.54, 1.807) is 25.1 Å². The number of carbonyl (C=O) groups excluding carboxylic acids is 2. The molecule has 208 valence electrons. The molecule has 5 rings (SSSR count). The Morgan fingerprint density at radius 2 is 1.90 bits per heavy atom. The van der Waals surface area contributed by atoms with Crippen LogP contribution >= 0.6 is 0 Å². The van der Waals surface area contributed by atoms with Gasteiger partial charge in [0.1, 0.15) is 5.69 Å². The Morgan fingerprint density at radius 1 is 1.12 bits per heavy atom. The van der Waals surface area contributed by atoms with Gasteiger partial charge in [0.2, 0.25) is 5.78 Å². The number of anilines is 1. The number of aromatic nitrogens is 3. The van der Waals surface area contributed by atoms with Crippen molar-refractivity contribution in [1.82, 2.24) is 19.9 Å². The van der Waals surface area contributed by atoms with Gasteiger partial charge in [-0.3, -0.25) is 9.59 Å². The largest absolute Gasteiger partial charge is 0.493 e. The van der Waals surface area contributed by atoms with Crippen LogP contribution in [0, 0.1) is 12.7 Å². The molecule has 4 aromatic rings. The standard InChI is InChI=1S/C28H25F4N5O3/c1-15-12-16(6-9-18(15)27(39)35-17-7-8-17)23-14-34-26-22(33-11-10-28(30,31)32)13-21(36-37(23)26)24(38)19-4-3-5-20(29)25(19)40-2/h3-6,9,12-14,17,33H,7-8,10-11H2,1-2H3,(H,35,39). The molecule has 1 fully saturated rings. The fraction of sp³-hybridized carbons (Fsp3) is 0.286. The number of ketones is 1. The summed E-state index contributed by atoms with van der Waals surface area (Å²) in [4.78, 5) is 30.4. The van der Waals surface area contributed by atoms with Gasteiger partial charge < -0.3 is 15.4 Å². The van der Waals surface area contributed by atoms with Gasteiger partial charge in [0.15, 0.2) is 17.2 Å². The number of para-hydroxylation sites is 1. The Kier molecular flexibility index (Phi) is 7.17. The summed E-state index contributed by atoms with van der Waals surface area (Å²) >= 11 is 0. The number of nitrogens with one attached hydrogen (secondary N) is 2. The van der Waals surface area contributed by atoms with Crippen molar-refractivity contribution in [3.63, 3.8) is 0 Å². The van der Waals surface area contributed by atoms with E-state index in [4.69, 9.17) is 4.74 Å². The van der Waals surface area contributed by atoms with Gasteiger partial charge in [-0.25, -0.2) is 13.9 Å². The van der Waals surface area contributed by atoms with E-state index in [1.807, 2.05) is 0 Å². The second-order valence-electron chi connectivity index (χ2n) is 9.54. The van der Waals surface area contributed by atoms with Crippen molar-refractivity contribution in [2.45, 2.75) is 38.4 Å². The minimum Gasteiger partial charge on any atom is -0.493 e. The zero-order valence-corrected chi connectivity index (χ0v) is 21.6. The number of ether oxygens (including phenoxy) is 1. The van der Waals surface area contributed by atoms with Gasteiger partial charge >= 0.3 is 6.18 Å². The van der Waals surface area contributed by atoms with Gasteiger partial charge in [0, 0.05) is 23.7 Å². The van der Waals surface area contributed by atoms with Gasteiger partial charge in [0.05, 0.1) is 36.7 Å². The molecule has 0 atom stereocenters. The van der Waals surface area contributed by atoms with Crippen molar-refractivity contribution in [3.05, 3.63) is 76.9 Å². The third-order valence-electron chi connectivity index (χ3n) is 6.52. The highest BCUT2D eigenvalue weighted by atomic mass is 19.4. The first-order valence-electron chi connectivity index (χ1n) is 12.5. The van der Waals surface area contributed by atoms with Crippen molar-refractivity contribution < 1.29 is 31.9 Å². The number of halogens is 4. The lowest BCUT2D eigenvalue weighted by Crippen LogP contribution is -2.26. The number of amides is 1. The number of rotatable bonds is 9. The molecule has 2 heterocycles. The quantitative estimate of drug-likeness (QED) is 0.214. The van der Waals surface area contributed by atoms with Gasteiger partial charge in [-0.05, 0) is 55.7 Å². The lowest BCUT2D eigenvalue weighted by Gasteiger charge is -2.13. The molecule has 0 bridgehead atoms. The van der Waals surface area contributed by atoms with Crippen LogP contribution in [0.5, 0.6) is 5.75 Å². The van der Waals surface area contributed by atoms with E-state index < -0.39 is 30.7 Å². The normalized spacial score (nSPS) is 13.3. The predicted octanol–water partition coefficient (Wildman–Crippen LogP) is 5.34. The monoisotopic (exact) mass is 555 g/mol. The van der Waals surface area contributed by atoms with E-state index in [9.17, 15) is 27.2 Å². The Hall–Kier alpha value is -4.48. The third-order valence-corrected chi connectivity index (χ3v) is 6.52. The smallest absolute Gasteiger partial charge is 0.390 e. The second kappa shape index (κ2) is 10.6. The second-order valence-corrected chi connectivity index (χ2v) is 9.54. The van der Waals surface area contributed by atoms with E-state index in [0.717, 1.165) is 18.9 Å². The highest BCUT2D eigenvalue weighted by molar-refractivity contribution is 6.10. The summed E-state index contributed by atoms with van der Waals surface area (Å²) in [6.45, 7) is 1.32. The number of nitrogens with zero attached hydrogens (tertiary/aromatic N) is 3. The minimum atomic E-state index is -4.39. The van der Waals surface area contributed by atoms with E-state index in [-0.39, 0.29) is 40.3 Å². The Balaban J connectivity index is 1.58. The van der Waals surface area contributed by atoms with Crippen LogP contribution in [-0.4, -0.2) is 52.2 Å². The molecule has 0 aliphatic heterocycles. The van der Waals surface area contributed by atoms with Crippen molar-refractivity contribution in [2.75, 3.05) is 19.0 Å². The summed E-state index contributed by atoms with van der Waals surface area (Å²) in [6, 6.07) is 10.5. The summed E-state index contributed by atoms with van der Waals surface area (Å²) in [7, 11) is 1.22. The van der Waals surface area contributed by atoms with Crippen LogP contribution in [0.1, 0.15) is 51.2 Å². The number of methoxy groups -OCH3 is 1. The first-order chi connectivity index (χ1) is 19.1. The lowest BCUT2D eigenvalue weighted by atomic mass is 10.0. The van der Waals surface area contributed by atoms with E-state index in [1.165, 1.54) is 36.0 Å². The SMILES string of the molecule is COc1c(F)cccc1C(=O)c1cc(NCCC(F)(F)F)c2ncc(-c3ccc(C(=O)NC4CC4)c(C)c3)n2n1. The molecular weight excluding hydrogens is 530 g/mol. The molecule has 0 radical (unpaired) electrons. The number of aryl methyl sites for hydroxylation is 1. The summed E-state index contributed by atoms with van der Waals surface area (Å²) in [5.74, 6) is -1.89. The molecule has 2 aromatic heterocycles. The summed E-state index contributed by atoms with van der Waals surface area (Å²) in [5.41, 5.74) is 2.34. The topological polar surface area (TPSA) is 97.6 Å². The average molecular weight is 556 g/mol. The Morgan fingerprint density at radius 3 is 2.58 bits per heavy atom. The summed E-state index contributed by atoms with van der Waals surface area (Å²) in [5, 5.41) is 10.1. The van der Waals surface area contributed by atoms with Gasteiger partial charge in [0.25, 0.3) is 5.91 Å². The summed E-state index contributed by atoms with van der Waals surface area (Å²) in [6.07, 6.45) is -2.11. The van der Waals surface area contributed by atoms with Gasteiger partial charge in [-0.1, -0.05) is 12.1 Å². The van der Waals surface area contributed by atoms with Gasteiger partial charge in [-0.15, -0.1) is 0 Å². The number of carbonyl (C=O) groups is 2. The van der Waals surface area contributed by atoms with Crippen LogP contribution in [0.25, 0.3) is 16.9 Å². The highest BCUT2D eigenvalue weighted by Gasteiger charge is 2.28. The van der Waals surface area contributed by atoms with E-state index >= 15 is 0 Å². The molecular formula is C28H25F4N5O3. The molecule has 2 N–H and O–H groups in total. The fourth-order valence-electron chi connectivity index (χ4n) is 4.35. The third kappa shape index (κ3) is 5.61. The molecule has 0 saturated heterocycles. The van der Waals surface area contributed by atoms with E-state index in [2.05, 4.69) is 20.7 Å². The van der Waals surface area contributed by atoms with Crippen LogP contribution in [0.15, 0.2) is 48.7 Å². The van der Waals surface area contributed by atoms with E-state index in [0.29, 0.717) is 22.4 Å². The Labute approximate surface area is 226 Å². The maximum Gasteiger partial charge on any atom is 0.390 e. The molecule has 8 nitrogen and oxygen atoms in total. The molecule has 1 saturated carbocycles. The predicted molar refractivity (Wildman–Crippen MR) is 139 cm³/mol. The van der Waals surface area contributed by atoms with Crippen LogP contribution in [-0.2, 0) is 0 Å². The molecule has 12 heteroatoms. The molecule has 0 spiro atoms.